The van der Waals surface area contributed by atoms with Crippen molar-refractivity contribution in [1.82, 2.24) is 0 Å². The van der Waals surface area contributed by atoms with Crippen LogP contribution in [0.2, 0.25) is 0 Å². The Hall–Kier alpha value is -2.65. The molecule has 1 aliphatic carbocycles. The van der Waals surface area contributed by atoms with Crippen LogP contribution in [0.1, 0.15) is 27.9 Å². The van der Waals surface area contributed by atoms with Gasteiger partial charge in [0.2, 0.25) is 0 Å². The first kappa shape index (κ1) is 15.9. The van der Waals surface area contributed by atoms with Crippen molar-refractivity contribution in [3.63, 3.8) is 0 Å². The molecule has 0 radical (unpaired) electrons. The summed E-state index contributed by atoms with van der Waals surface area (Å²) in [5.74, 6) is -0.345. The molecular formula is C22H20O3. The number of carbonyl (C=O) groups excluding carboxylic acids is 1. The zero-order chi connectivity index (χ0) is 17.3. The molecule has 3 aromatic rings. The van der Waals surface area contributed by atoms with Crippen LogP contribution in [0.25, 0.3) is 10.8 Å². The fourth-order valence-corrected chi connectivity index (χ4v) is 3.86. The number of carbonyl (C=O) groups is 1. The Bertz CT molecular complexity index is 917. The summed E-state index contributed by atoms with van der Waals surface area (Å²) in [6, 6.07) is 21.4. The maximum Gasteiger partial charge on any atom is 0.338 e. The summed E-state index contributed by atoms with van der Waals surface area (Å²) in [7, 11) is 0. The molecule has 0 amide bonds. The Balaban J connectivity index is 1.68. The van der Waals surface area contributed by atoms with Gasteiger partial charge in [-0.2, -0.15) is 0 Å². The third-order valence-corrected chi connectivity index (χ3v) is 5.21. The van der Waals surface area contributed by atoms with Crippen molar-refractivity contribution in [2.24, 2.45) is 0 Å². The van der Waals surface area contributed by atoms with Crippen LogP contribution < -0.4 is 0 Å². The van der Waals surface area contributed by atoms with Gasteiger partial charge in [0.25, 0.3) is 0 Å². The van der Waals surface area contributed by atoms with Gasteiger partial charge in [-0.15, -0.1) is 0 Å². The molecule has 3 aromatic carbocycles. The van der Waals surface area contributed by atoms with E-state index < -0.39 is 5.41 Å². The first-order valence-corrected chi connectivity index (χ1v) is 8.58. The van der Waals surface area contributed by atoms with Crippen molar-refractivity contribution in [3.8, 4) is 0 Å². The van der Waals surface area contributed by atoms with E-state index in [1.165, 1.54) is 5.56 Å². The van der Waals surface area contributed by atoms with Gasteiger partial charge in [0.15, 0.2) is 0 Å². The molecule has 1 aliphatic rings. The summed E-state index contributed by atoms with van der Waals surface area (Å²) < 4.78 is 5.61. The van der Waals surface area contributed by atoms with Gasteiger partial charge < -0.3 is 9.84 Å². The van der Waals surface area contributed by atoms with Crippen molar-refractivity contribution in [2.45, 2.75) is 18.3 Å². The lowest BCUT2D eigenvalue weighted by Gasteiger charge is -2.29. The van der Waals surface area contributed by atoms with Gasteiger partial charge in [0.05, 0.1) is 17.6 Å². The van der Waals surface area contributed by atoms with Crippen molar-refractivity contribution < 1.29 is 14.6 Å². The monoisotopic (exact) mass is 332 g/mol. The largest absolute Gasteiger partial charge is 0.461 e. The van der Waals surface area contributed by atoms with E-state index in [4.69, 9.17) is 4.74 Å². The third kappa shape index (κ3) is 2.71. The van der Waals surface area contributed by atoms with Crippen LogP contribution in [0, 0.1) is 0 Å². The van der Waals surface area contributed by atoms with Crippen LogP contribution in [-0.2, 0) is 16.6 Å². The number of aliphatic hydroxyl groups is 1. The highest BCUT2D eigenvalue weighted by Gasteiger charge is 2.41. The number of hydrogen-bond acceptors (Lipinski definition) is 3. The van der Waals surface area contributed by atoms with E-state index in [-0.39, 0.29) is 19.2 Å². The molecule has 0 fully saturated rings. The third-order valence-electron chi connectivity index (χ3n) is 5.21. The maximum absolute atomic E-state index is 12.3. The lowest BCUT2D eigenvalue weighted by atomic mass is 9.81. The number of fused-ring (bicyclic) bond motifs is 3. The zero-order valence-electron chi connectivity index (χ0n) is 13.9. The molecular weight excluding hydrogens is 312 g/mol. The molecule has 1 atom stereocenters. The smallest absolute Gasteiger partial charge is 0.338 e. The lowest BCUT2D eigenvalue weighted by Crippen LogP contribution is -2.35. The van der Waals surface area contributed by atoms with Crippen molar-refractivity contribution in [1.29, 1.82) is 0 Å². The van der Waals surface area contributed by atoms with Gasteiger partial charge in [-0.3, -0.25) is 0 Å². The van der Waals surface area contributed by atoms with E-state index in [1.54, 1.807) is 12.1 Å². The standard InChI is InChI=1S/C22H20O3/c23-14-22(15-25-21(24)18-7-2-1-3-8-18)13-12-17-11-10-16-6-4-5-9-19(16)20(17)22/h1-11,23H,12-15H2. The summed E-state index contributed by atoms with van der Waals surface area (Å²) in [5, 5.41) is 12.5. The Kier molecular flexibility index (Phi) is 4.02. The van der Waals surface area contributed by atoms with Crippen LogP contribution in [0.5, 0.6) is 0 Å². The van der Waals surface area contributed by atoms with Crippen molar-refractivity contribution in [2.75, 3.05) is 13.2 Å². The Morgan fingerprint density at radius 1 is 1.00 bits per heavy atom. The minimum absolute atomic E-state index is 0.0317. The molecule has 0 bridgehead atoms. The van der Waals surface area contributed by atoms with Crippen LogP contribution in [0.4, 0.5) is 0 Å². The van der Waals surface area contributed by atoms with Crippen molar-refractivity contribution >= 4 is 16.7 Å². The fraction of sp³-hybridized carbons (Fsp3) is 0.227. The Morgan fingerprint density at radius 3 is 2.56 bits per heavy atom. The van der Waals surface area contributed by atoms with Gasteiger partial charge in [-0.25, -0.2) is 4.79 Å². The number of esters is 1. The number of benzene rings is 3. The number of aryl methyl sites for hydroxylation is 1. The molecule has 3 nitrogen and oxygen atoms in total. The topological polar surface area (TPSA) is 46.5 Å². The highest BCUT2D eigenvalue weighted by molar-refractivity contribution is 5.90. The normalized spacial score (nSPS) is 18.9. The minimum atomic E-state index is -0.527. The molecule has 0 aromatic heterocycles. The summed E-state index contributed by atoms with van der Waals surface area (Å²) in [5.41, 5.74) is 2.38. The van der Waals surface area contributed by atoms with E-state index in [2.05, 4.69) is 24.3 Å². The second kappa shape index (κ2) is 6.34. The average molecular weight is 332 g/mol. The fourth-order valence-electron chi connectivity index (χ4n) is 3.86. The number of hydrogen-bond donors (Lipinski definition) is 1. The second-order valence-electron chi connectivity index (χ2n) is 6.70. The molecule has 0 saturated heterocycles. The van der Waals surface area contributed by atoms with Crippen LogP contribution >= 0.6 is 0 Å². The molecule has 1 unspecified atom stereocenters. The SMILES string of the molecule is O=C(OCC1(CO)CCc2ccc3ccccc3c21)c1ccccc1. The molecule has 1 N–H and O–H groups in total. The molecule has 3 heteroatoms. The first-order valence-electron chi connectivity index (χ1n) is 8.58. The van der Waals surface area contributed by atoms with Gasteiger partial charge in [-0.05, 0) is 46.9 Å². The predicted molar refractivity (Wildman–Crippen MR) is 97.8 cm³/mol. The summed E-state index contributed by atoms with van der Waals surface area (Å²) in [4.78, 5) is 12.3. The Labute approximate surface area is 146 Å². The molecule has 0 saturated carbocycles. The number of ether oxygens (including phenoxy) is 1. The lowest BCUT2D eigenvalue weighted by molar-refractivity contribution is 0.0321. The predicted octanol–water partition coefficient (Wildman–Crippen LogP) is 3.87. The van der Waals surface area contributed by atoms with Gasteiger partial charge in [-0.1, -0.05) is 54.6 Å². The zero-order valence-corrected chi connectivity index (χ0v) is 13.9. The summed E-state index contributed by atoms with van der Waals surface area (Å²) >= 11 is 0. The van der Waals surface area contributed by atoms with E-state index in [0.717, 1.165) is 29.2 Å². The summed E-state index contributed by atoms with van der Waals surface area (Å²) in [6.45, 7) is 0.161. The minimum Gasteiger partial charge on any atom is -0.461 e. The highest BCUT2D eigenvalue weighted by Crippen LogP contribution is 2.43. The van der Waals surface area contributed by atoms with Crippen LogP contribution in [-0.4, -0.2) is 24.3 Å². The summed E-state index contributed by atoms with van der Waals surface area (Å²) in [6.07, 6.45) is 1.68. The molecule has 25 heavy (non-hydrogen) atoms. The molecule has 0 spiro atoms. The highest BCUT2D eigenvalue weighted by atomic mass is 16.5. The van der Waals surface area contributed by atoms with Gasteiger partial charge >= 0.3 is 5.97 Å². The number of rotatable bonds is 4. The van der Waals surface area contributed by atoms with E-state index in [1.807, 2.05) is 30.3 Å². The van der Waals surface area contributed by atoms with E-state index in [0.29, 0.717) is 5.56 Å². The van der Waals surface area contributed by atoms with Crippen LogP contribution in [0.3, 0.4) is 0 Å². The van der Waals surface area contributed by atoms with Crippen molar-refractivity contribution in [3.05, 3.63) is 83.4 Å². The maximum atomic E-state index is 12.3. The van der Waals surface area contributed by atoms with E-state index >= 15 is 0 Å². The average Bonchev–Trinajstić information content (AvgIpc) is 3.06. The quantitative estimate of drug-likeness (QED) is 0.738. The van der Waals surface area contributed by atoms with Gasteiger partial charge in [0.1, 0.15) is 6.61 Å². The van der Waals surface area contributed by atoms with E-state index in [9.17, 15) is 9.90 Å². The second-order valence-corrected chi connectivity index (χ2v) is 6.70. The molecule has 4 rings (SSSR count). The van der Waals surface area contributed by atoms with Gasteiger partial charge in [0, 0.05) is 0 Å². The van der Waals surface area contributed by atoms with Crippen LogP contribution in [0.15, 0.2) is 66.7 Å². The molecule has 0 aliphatic heterocycles. The first-order chi connectivity index (χ1) is 12.2. The Morgan fingerprint density at radius 2 is 1.76 bits per heavy atom. The molecule has 0 heterocycles. The molecule has 126 valence electrons. The number of aliphatic hydroxyl groups excluding tert-OH is 1.